The van der Waals surface area contributed by atoms with Gasteiger partial charge in [0, 0.05) is 18.9 Å². The zero-order valence-corrected chi connectivity index (χ0v) is 10.1. The number of hydrogen-bond donors (Lipinski definition) is 1. The molecule has 0 atom stereocenters. The van der Waals surface area contributed by atoms with Gasteiger partial charge < -0.3 is 10.6 Å². The fourth-order valence-corrected chi connectivity index (χ4v) is 1.24. The summed E-state index contributed by atoms with van der Waals surface area (Å²) in [4.78, 5) is 1.88. The molecule has 0 amide bonds. The second-order valence-electron chi connectivity index (χ2n) is 3.30. The van der Waals surface area contributed by atoms with Crippen molar-refractivity contribution in [1.29, 1.82) is 0 Å². The highest BCUT2D eigenvalue weighted by atomic mass is 15.4. The van der Waals surface area contributed by atoms with Crippen LogP contribution in [0, 0.1) is 0 Å². The molecule has 5 heteroatoms. The molecule has 0 fully saturated rings. The van der Waals surface area contributed by atoms with Crippen molar-refractivity contribution in [3.8, 4) is 0 Å². The highest BCUT2D eigenvalue weighted by molar-refractivity contribution is 5.80. The van der Waals surface area contributed by atoms with Gasteiger partial charge in [0.2, 0.25) is 0 Å². The van der Waals surface area contributed by atoms with E-state index in [4.69, 9.17) is 5.73 Å². The summed E-state index contributed by atoms with van der Waals surface area (Å²) in [6, 6.07) is 9.47. The third kappa shape index (κ3) is 4.46. The van der Waals surface area contributed by atoms with Crippen molar-refractivity contribution in [1.82, 2.24) is 4.90 Å². The molecule has 0 radical (unpaired) electrons. The van der Waals surface area contributed by atoms with Crippen LogP contribution in [0.15, 0.2) is 58.2 Å². The maximum Gasteiger partial charge on any atom is 0.130 e. The Morgan fingerprint density at radius 1 is 1.35 bits per heavy atom. The average Bonchev–Trinajstić information content (AvgIpc) is 2.37. The van der Waals surface area contributed by atoms with Crippen LogP contribution in [-0.2, 0) is 0 Å². The van der Waals surface area contributed by atoms with E-state index in [0.717, 1.165) is 18.1 Å². The van der Waals surface area contributed by atoms with Gasteiger partial charge in [-0.15, -0.1) is 10.2 Å². The number of hydrogen-bond acceptors (Lipinski definition) is 3. The van der Waals surface area contributed by atoms with E-state index in [0.29, 0.717) is 0 Å². The summed E-state index contributed by atoms with van der Waals surface area (Å²) < 4.78 is 0. The molecule has 0 unspecified atom stereocenters. The zero-order chi connectivity index (χ0) is 12.5. The normalized spacial score (nSPS) is 12.5. The van der Waals surface area contributed by atoms with Crippen molar-refractivity contribution in [3.63, 3.8) is 0 Å². The van der Waals surface area contributed by atoms with Gasteiger partial charge in [-0.2, -0.15) is 0 Å². The van der Waals surface area contributed by atoms with Gasteiger partial charge in [-0.05, 0) is 31.2 Å². The molecular formula is C12H17N5. The first-order valence-electron chi connectivity index (χ1n) is 5.43. The molecule has 0 heterocycles. The maximum absolute atomic E-state index is 5.33. The van der Waals surface area contributed by atoms with Crippen molar-refractivity contribution in [3.05, 3.63) is 42.7 Å². The minimum atomic E-state index is 0.744. The summed E-state index contributed by atoms with van der Waals surface area (Å²) in [5, 5.41) is 11.8. The van der Waals surface area contributed by atoms with Gasteiger partial charge in [0.1, 0.15) is 5.84 Å². The summed E-state index contributed by atoms with van der Waals surface area (Å²) >= 11 is 0. The molecule has 90 valence electrons. The number of benzene rings is 1. The van der Waals surface area contributed by atoms with E-state index in [1.807, 2.05) is 49.1 Å². The Hall–Kier alpha value is -2.17. The predicted molar refractivity (Wildman–Crippen MR) is 69.8 cm³/mol. The third-order valence-electron chi connectivity index (χ3n) is 2.13. The van der Waals surface area contributed by atoms with E-state index in [1.165, 1.54) is 6.20 Å². The molecule has 0 saturated heterocycles. The lowest BCUT2D eigenvalue weighted by atomic mass is 10.3. The molecule has 0 aromatic heterocycles. The minimum Gasteiger partial charge on any atom is -0.403 e. The largest absolute Gasteiger partial charge is 0.403 e. The molecule has 1 rings (SSSR count). The minimum absolute atomic E-state index is 0.744. The van der Waals surface area contributed by atoms with Crippen LogP contribution in [0.5, 0.6) is 0 Å². The lowest BCUT2D eigenvalue weighted by Crippen LogP contribution is -2.22. The van der Waals surface area contributed by atoms with Gasteiger partial charge in [0.15, 0.2) is 0 Å². The van der Waals surface area contributed by atoms with Crippen LogP contribution in [0.2, 0.25) is 0 Å². The van der Waals surface area contributed by atoms with Gasteiger partial charge in [-0.25, -0.2) is 0 Å². The van der Waals surface area contributed by atoms with Gasteiger partial charge in [-0.3, -0.25) is 0 Å². The molecule has 17 heavy (non-hydrogen) atoms. The maximum atomic E-state index is 5.33. The van der Waals surface area contributed by atoms with E-state index in [2.05, 4.69) is 15.4 Å². The van der Waals surface area contributed by atoms with Crippen molar-refractivity contribution in [2.75, 3.05) is 6.54 Å². The summed E-state index contributed by atoms with van der Waals surface area (Å²) in [6.07, 6.45) is 3.22. The molecule has 0 saturated carbocycles. The topological polar surface area (TPSA) is 66.3 Å². The molecule has 0 spiro atoms. The predicted octanol–water partition coefficient (Wildman–Crippen LogP) is 2.86. The first-order chi connectivity index (χ1) is 8.27. The smallest absolute Gasteiger partial charge is 0.130 e. The Labute approximate surface area is 101 Å². The molecule has 0 aliphatic carbocycles. The zero-order valence-electron chi connectivity index (χ0n) is 10.1. The van der Waals surface area contributed by atoms with Gasteiger partial charge in [0.25, 0.3) is 0 Å². The Kier molecular flexibility index (Phi) is 5.43. The highest BCUT2D eigenvalue weighted by Gasteiger charge is 1.98. The van der Waals surface area contributed by atoms with E-state index in [9.17, 15) is 0 Å². The van der Waals surface area contributed by atoms with Crippen molar-refractivity contribution in [2.24, 2.45) is 21.2 Å². The second kappa shape index (κ2) is 7.16. The van der Waals surface area contributed by atoms with Crippen LogP contribution in [0.4, 0.5) is 5.69 Å². The van der Waals surface area contributed by atoms with E-state index in [1.54, 1.807) is 6.20 Å². The molecule has 0 aliphatic rings. The van der Waals surface area contributed by atoms with Crippen LogP contribution >= 0.6 is 0 Å². The SMILES string of the molecule is CCN(/C=C\N)/C(C)=N\N=Nc1ccccc1. The first kappa shape index (κ1) is 12.9. The summed E-state index contributed by atoms with van der Waals surface area (Å²) in [5.74, 6) is 0.744. The average molecular weight is 231 g/mol. The van der Waals surface area contributed by atoms with Gasteiger partial charge >= 0.3 is 0 Å². The van der Waals surface area contributed by atoms with Gasteiger partial charge in [0.05, 0.1) is 5.69 Å². The fourth-order valence-electron chi connectivity index (χ4n) is 1.24. The lowest BCUT2D eigenvalue weighted by molar-refractivity contribution is 0.581. The molecular weight excluding hydrogens is 214 g/mol. The first-order valence-corrected chi connectivity index (χ1v) is 5.43. The van der Waals surface area contributed by atoms with Crippen molar-refractivity contribution in [2.45, 2.75) is 13.8 Å². The second-order valence-corrected chi connectivity index (χ2v) is 3.30. The van der Waals surface area contributed by atoms with Crippen LogP contribution in [0.1, 0.15) is 13.8 Å². The Balaban J connectivity index is 2.67. The van der Waals surface area contributed by atoms with Crippen LogP contribution in [-0.4, -0.2) is 17.3 Å². The number of rotatable bonds is 4. The van der Waals surface area contributed by atoms with Crippen LogP contribution in [0.25, 0.3) is 0 Å². The number of amidine groups is 1. The molecule has 0 bridgehead atoms. The monoisotopic (exact) mass is 231 g/mol. The number of nitrogens with zero attached hydrogens (tertiary/aromatic N) is 4. The summed E-state index contributed by atoms with van der Waals surface area (Å²) in [7, 11) is 0. The molecule has 1 aromatic carbocycles. The summed E-state index contributed by atoms with van der Waals surface area (Å²) in [5.41, 5.74) is 6.11. The van der Waals surface area contributed by atoms with Gasteiger partial charge in [-0.1, -0.05) is 18.2 Å². The Morgan fingerprint density at radius 3 is 2.65 bits per heavy atom. The molecule has 0 aliphatic heterocycles. The van der Waals surface area contributed by atoms with Crippen molar-refractivity contribution >= 4 is 11.5 Å². The van der Waals surface area contributed by atoms with E-state index < -0.39 is 0 Å². The quantitative estimate of drug-likeness (QED) is 0.375. The molecule has 2 N–H and O–H groups in total. The highest BCUT2D eigenvalue weighted by Crippen LogP contribution is 2.10. The van der Waals surface area contributed by atoms with E-state index in [-0.39, 0.29) is 0 Å². The number of nitrogens with two attached hydrogens (primary N) is 1. The Morgan fingerprint density at radius 2 is 2.06 bits per heavy atom. The summed E-state index contributed by atoms with van der Waals surface area (Å²) in [6.45, 7) is 4.64. The third-order valence-corrected chi connectivity index (χ3v) is 2.13. The van der Waals surface area contributed by atoms with E-state index >= 15 is 0 Å². The van der Waals surface area contributed by atoms with Crippen LogP contribution < -0.4 is 5.73 Å². The van der Waals surface area contributed by atoms with Crippen molar-refractivity contribution < 1.29 is 0 Å². The lowest BCUT2D eigenvalue weighted by Gasteiger charge is -2.15. The standard InChI is InChI=1S/C12H17N5/c1-3-17(10-9-13)11(2)14-16-15-12-7-5-4-6-8-12/h4-10H,3,13H2,1-2H3/b10-9-,14-11-,16-15?. The Bertz CT molecular complexity index is 408. The molecule has 1 aromatic rings. The molecule has 5 nitrogen and oxygen atoms in total. The van der Waals surface area contributed by atoms with Crippen LogP contribution in [0.3, 0.4) is 0 Å². The fraction of sp³-hybridized carbons (Fsp3) is 0.250.